The molecule has 0 aliphatic carbocycles. The van der Waals surface area contributed by atoms with Gasteiger partial charge in [-0.15, -0.1) is 0 Å². The van der Waals surface area contributed by atoms with Crippen molar-refractivity contribution >= 4 is 23.5 Å². The van der Waals surface area contributed by atoms with Gasteiger partial charge >= 0.3 is 0 Å². The quantitative estimate of drug-likeness (QED) is 0.687. The predicted octanol–water partition coefficient (Wildman–Crippen LogP) is 1.81. The molecule has 0 spiro atoms. The average molecular weight is 170 g/mol. The molecular weight excluding hydrogens is 162 g/mol. The van der Waals surface area contributed by atoms with Gasteiger partial charge in [0.15, 0.2) is 0 Å². The molecule has 1 N–H and O–H groups in total. The summed E-state index contributed by atoms with van der Waals surface area (Å²) >= 11 is 5.75. The van der Waals surface area contributed by atoms with Gasteiger partial charge in [-0.25, -0.2) is 9.97 Å². The van der Waals surface area contributed by atoms with E-state index in [-0.39, 0.29) is 0 Å². The van der Waals surface area contributed by atoms with Crippen molar-refractivity contribution in [1.82, 2.24) is 9.97 Å². The Morgan fingerprint density at radius 1 is 1.64 bits per heavy atom. The first-order valence-corrected chi connectivity index (χ1v) is 3.48. The Labute approximate surface area is 70.1 Å². The minimum absolute atomic E-state index is 0.416. The maximum atomic E-state index is 5.75. The first kappa shape index (κ1) is 8.01. The topological polar surface area (TPSA) is 37.8 Å². The molecule has 0 aliphatic rings. The molecule has 58 valence electrons. The zero-order valence-electron chi connectivity index (χ0n) is 6.13. The van der Waals surface area contributed by atoms with Crippen LogP contribution in [0, 0.1) is 0 Å². The Kier molecular flexibility index (Phi) is 2.44. The lowest BCUT2D eigenvalue weighted by Crippen LogP contribution is -1.96. The maximum Gasteiger partial charge on any atom is 0.141 e. The third-order valence-electron chi connectivity index (χ3n) is 1.28. The van der Waals surface area contributed by atoms with E-state index < -0.39 is 0 Å². The van der Waals surface area contributed by atoms with E-state index in [9.17, 15) is 0 Å². The molecule has 1 rings (SSSR count). The molecule has 0 atom stereocenters. The standard InChI is InChI=1S/C7H8ClN3/c1-3-5-6(8)10-4-11-7(5)9-2/h3-4H,1H2,2H3,(H,9,10,11). The lowest BCUT2D eigenvalue weighted by Gasteiger charge is -2.03. The minimum atomic E-state index is 0.416. The number of hydrogen-bond donors (Lipinski definition) is 1. The number of aromatic nitrogens is 2. The number of anilines is 1. The second-order valence-electron chi connectivity index (χ2n) is 1.88. The Morgan fingerprint density at radius 3 is 2.82 bits per heavy atom. The lowest BCUT2D eigenvalue weighted by molar-refractivity contribution is 1.15. The predicted molar refractivity (Wildman–Crippen MR) is 46.7 cm³/mol. The number of nitrogens with zero attached hydrogens (tertiary/aromatic N) is 2. The van der Waals surface area contributed by atoms with E-state index in [0.717, 1.165) is 5.56 Å². The highest BCUT2D eigenvalue weighted by Crippen LogP contribution is 2.19. The Balaban J connectivity index is 3.24. The van der Waals surface area contributed by atoms with Gasteiger partial charge in [-0.3, -0.25) is 0 Å². The lowest BCUT2D eigenvalue weighted by atomic mass is 10.3. The Hall–Kier alpha value is -1.09. The summed E-state index contributed by atoms with van der Waals surface area (Å²) < 4.78 is 0. The SMILES string of the molecule is C=Cc1c(Cl)ncnc1NC. The summed E-state index contributed by atoms with van der Waals surface area (Å²) in [5, 5.41) is 3.30. The van der Waals surface area contributed by atoms with Crippen molar-refractivity contribution in [3.05, 3.63) is 23.6 Å². The molecule has 1 heterocycles. The third kappa shape index (κ3) is 1.49. The average Bonchev–Trinajstić information content (AvgIpc) is 2.04. The molecule has 0 bridgehead atoms. The van der Waals surface area contributed by atoms with Gasteiger partial charge in [-0.2, -0.15) is 0 Å². The smallest absolute Gasteiger partial charge is 0.141 e. The first-order chi connectivity index (χ1) is 5.29. The van der Waals surface area contributed by atoms with E-state index in [1.54, 1.807) is 13.1 Å². The molecule has 0 radical (unpaired) electrons. The van der Waals surface area contributed by atoms with Gasteiger partial charge in [0.1, 0.15) is 17.3 Å². The van der Waals surface area contributed by atoms with Crippen LogP contribution in [-0.4, -0.2) is 17.0 Å². The fourth-order valence-electron chi connectivity index (χ4n) is 0.754. The van der Waals surface area contributed by atoms with Crippen LogP contribution in [-0.2, 0) is 0 Å². The summed E-state index contributed by atoms with van der Waals surface area (Å²) in [6.07, 6.45) is 3.02. The molecular formula is C7H8ClN3. The van der Waals surface area contributed by atoms with Crippen LogP contribution in [0.25, 0.3) is 6.08 Å². The summed E-state index contributed by atoms with van der Waals surface area (Å²) in [6, 6.07) is 0. The minimum Gasteiger partial charge on any atom is -0.373 e. The highest BCUT2D eigenvalue weighted by molar-refractivity contribution is 6.31. The molecule has 4 heteroatoms. The number of rotatable bonds is 2. The van der Waals surface area contributed by atoms with Crippen molar-refractivity contribution in [1.29, 1.82) is 0 Å². The first-order valence-electron chi connectivity index (χ1n) is 3.10. The van der Waals surface area contributed by atoms with Gasteiger partial charge in [-0.1, -0.05) is 24.3 Å². The summed E-state index contributed by atoms with van der Waals surface area (Å²) in [5.41, 5.74) is 0.733. The van der Waals surface area contributed by atoms with Gasteiger partial charge in [0.2, 0.25) is 0 Å². The summed E-state index contributed by atoms with van der Waals surface area (Å²) in [5.74, 6) is 0.694. The third-order valence-corrected chi connectivity index (χ3v) is 1.58. The van der Waals surface area contributed by atoms with Crippen LogP contribution in [0.4, 0.5) is 5.82 Å². The van der Waals surface area contributed by atoms with Crippen molar-refractivity contribution in [3.8, 4) is 0 Å². The van der Waals surface area contributed by atoms with Crippen molar-refractivity contribution in [2.75, 3.05) is 12.4 Å². The van der Waals surface area contributed by atoms with Crippen molar-refractivity contribution in [3.63, 3.8) is 0 Å². The maximum absolute atomic E-state index is 5.75. The van der Waals surface area contributed by atoms with Crippen LogP contribution < -0.4 is 5.32 Å². The second-order valence-corrected chi connectivity index (χ2v) is 2.24. The molecule has 3 nitrogen and oxygen atoms in total. The fraction of sp³-hybridized carbons (Fsp3) is 0.143. The van der Waals surface area contributed by atoms with Gasteiger partial charge in [0.05, 0.1) is 5.56 Å². The molecule has 0 saturated carbocycles. The van der Waals surface area contributed by atoms with Crippen LogP contribution in [0.2, 0.25) is 5.15 Å². The monoisotopic (exact) mass is 169 g/mol. The molecule has 0 fully saturated rings. The molecule has 1 aromatic rings. The van der Waals surface area contributed by atoms with Crippen molar-refractivity contribution in [2.45, 2.75) is 0 Å². The molecule has 11 heavy (non-hydrogen) atoms. The van der Waals surface area contributed by atoms with Gasteiger partial charge < -0.3 is 5.32 Å². The number of halogens is 1. The summed E-state index contributed by atoms with van der Waals surface area (Å²) in [4.78, 5) is 7.75. The highest BCUT2D eigenvalue weighted by atomic mass is 35.5. The molecule has 0 saturated heterocycles. The fourth-order valence-corrected chi connectivity index (χ4v) is 0.964. The normalized spacial score (nSPS) is 9.27. The van der Waals surface area contributed by atoms with Crippen LogP contribution in [0.15, 0.2) is 12.9 Å². The van der Waals surface area contributed by atoms with Crippen LogP contribution in [0.3, 0.4) is 0 Å². The van der Waals surface area contributed by atoms with Gasteiger partial charge in [0, 0.05) is 7.05 Å². The van der Waals surface area contributed by atoms with Crippen LogP contribution >= 0.6 is 11.6 Å². The largest absolute Gasteiger partial charge is 0.373 e. The zero-order chi connectivity index (χ0) is 8.27. The second kappa shape index (κ2) is 3.34. The van der Waals surface area contributed by atoms with Crippen LogP contribution in [0.5, 0.6) is 0 Å². The van der Waals surface area contributed by atoms with Crippen LogP contribution in [0.1, 0.15) is 5.56 Å². The van der Waals surface area contributed by atoms with E-state index in [2.05, 4.69) is 21.9 Å². The van der Waals surface area contributed by atoms with E-state index in [1.165, 1.54) is 6.33 Å². The highest BCUT2D eigenvalue weighted by Gasteiger charge is 2.02. The Bertz CT molecular complexity index is 272. The van der Waals surface area contributed by atoms with Crippen molar-refractivity contribution in [2.24, 2.45) is 0 Å². The van der Waals surface area contributed by atoms with Crippen molar-refractivity contribution < 1.29 is 0 Å². The number of hydrogen-bond acceptors (Lipinski definition) is 3. The molecule has 0 aliphatic heterocycles. The van der Waals surface area contributed by atoms with E-state index in [0.29, 0.717) is 11.0 Å². The van der Waals surface area contributed by atoms with E-state index in [4.69, 9.17) is 11.6 Å². The summed E-state index contributed by atoms with van der Waals surface area (Å²) in [7, 11) is 1.77. The van der Waals surface area contributed by atoms with E-state index in [1.807, 2.05) is 0 Å². The Morgan fingerprint density at radius 2 is 2.36 bits per heavy atom. The molecule has 0 unspecified atom stereocenters. The van der Waals surface area contributed by atoms with E-state index >= 15 is 0 Å². The summed E-state index contributed by atoms with van der Waals surface area (Å²) in [6.45, 7) is 3.60. The zero-order valence-corrected chi connectivity index (χ0v) is 6.89. The molecule has 1 aromatic heterocycles. The van der Waals surface area contributed by atoms with Gasteiger partial charge in [-0.05, 0) is 0 Å². The van der Waals surface area contributed by atoms with Gasteiger partial charge in [0.25, 0.3) is 0 Å². The molecule has 0 amide bonds. The number of nitrogens with one attached hydrogen (secondary N) is 1. The molecule has 0 aromatic carbocycles.